The molecule has 0 saturated carbocycles. The molecule has 572 valence electrons. The van der Waals surface area contributed by atoms with Crippen molar-refractivity contribution >= 4 is 116 Å². The standard InChI is InChI=1S/C18H38O5Si2.C15H32O3Si2.C14H30O3Si2.C12H26O3Si2.C11H24O3Si2/c1-9-17(19)22-15-14-21-13-12-20-11-10-16-25(7,8)23-18(2,3)24(4,5)6;1-13(2)14(16)17-11-10-12-20(8,9)18-15(3,4)19(5,6)7;1-12(2)13(15)16-10-9-11-18(5)14(3,4)17-19(6,7)8;1-7-11(13)14-9-8-10-16-12(2,3)15-17(4,5)6;1-6-10(2)11(12)13-8-7-9-15-14-16(3,4)5/h9H,1,10-16H2,2-8H3;1,10-12H2,2-9H3;18H,1,9-11H2,2-8H3;7H,1,8-10,16H2,2-6H3;6H,7-9,15H2,1-5H3. The van der Waals surface area contributed by atoms with Crippen molar-refractivity contribution in [1.82, 2.24) is 0 Å². The lowest BCUT2D eigenvalue weighted by atomic mass is 10.3. The van der Waals surface area contributed by atoms with Crippen molar-refractivity contribution < 1.29 is 78.9 Å². The highest BCUT2D eigenvalue weighted by Crippen LogP contribution is 2.32. The predicted molar refractivity (Wildman–Crippen MR) is 437 cm³/mol. The van der Waals surface area contributed by atoms with Crippen LogP contribution in [0.2, 0.25) is 161 Å². The SMILES string of the molecule is C=C(C)C(=O)OCCC[SiH](C)C(C)(C)O[Si](C)(C)C.C=C(C)C(=O)OCCC[Si](C)(C)OC(C)(C)[Si](C)(C)C.C=CC(=O)OCCC[SiH2]C(C)(C)O[Si](C)(C)C.C=CC(=O)OCCOCCOCCC[Si](C)(C)OC(C)(C)[Si](C)(C)C.CC=C(C)C(=O)OCCC[SiH2]O[Si](C)(C)C. The lowest BCUT2D eigenvalue weighted by Crippen LogP contribution is -2.55. The van der Waals surface area contributed by atoms with Gasteiger partial charge in [0.15, 0.2) is 41.6 Å². The average molecular weight is 1540 g/mol. The van der Waals surface area contributed by atoms with Gasteiger partial charge in [-0.05, 0) is 218 Å². The third-order valence-electron chi connectivity index (χ3n) is 15.6. The number of allylic oxidation sites excluding steroid dienone is 1. The topological polar surface area (TPSA) is 196 Å². The number of rotatable bonds is 45. The summed E-state index contributed by atoms with van der Waals surface area (Å²) < 4.78 is 67.3. The average Bonchev–Trinajstić information content (AvgIpc) is 0.829. The molecule has 1 atom stereocenters. The Balaban J connectivity index is -0.000000367. The van der Waals surface area contributed by atoms with Gasteiger partial charge in [0.05, 0.1) is 80.7 Å². The van der Waals surface area contributed by atoms with Crippen molar-refractivity contribution in [2.75, 3.05) is 59.5 Å². The van der Waals surface area contributed by atoms with Crippen molar-refractivity contribution in [1.29, 1.82) is 0 Å². The fourth-order valence-corrected chi connectivity index (χ4v) is 30.5. The molecule has 27 heteroatoms. The van der Waals surface area contributed by atoms with Gasteiger partial charge in [-0.1, -0.05) is 90.3 Å². The van der Waals surface area contributed by atoms with Gasteiger partial charge >= 0.3 is 29.8 Å². The molecule has 0 amide bonds. The lowest BCUT2D eigenvalue weighted by molar-refractivity contribution is -0.140. The van der Waals surface area contributed by atoms with Crippen LogP contribution >= 0.6 is 0 Å². The first-order valence-electron chi connectivity index (χ1n) is 35.3. The van der Waals surface area contributed by atoms with E-state index in [1.54, 1.807) is 26.8 Å². The molecule has 0 N–H and O–H groups in total. The smallest absolute Gasteiger partial charge is 0.333 e. The van der Waals surface area contributed by atoms with E-state index in [4.69, 9.17) is 55.0 Å². The minimum Gasteiger partial charge on any atom is -0.463 e. The summed E-state index contributed by atoms with van der Waals surface area (Å²) in [5.41, 5.74) is 1.60. The molecular formula is C70H150O17Si10. The van der Waals surface area contributed by atoms with E-state index in [0.29, 0.717) is 63.0 Å². The van der Waals surface area contributed by atoms with Gasteiger partial charge in [-0.2, -0.15) is 0 Å². The predicted octanol–water partition coefficient (Wildman–Crippen LogP) is 16.4. The number of hydrogen-bond donors (Lipinski definition) is 0. The normalized spacial score (nSPS) is 13.3. The van der Waals surface area contributed by atoms with E-state index >= 15 is 0 Å². The van der Waals surface area contributed by atoms with Crippen LogP contribution in [-0.4, -0.2) is 196 Å². The Hall–Kier alpha value is -2.06. The molecule has 0 heterocycles. The van der Waals surface area contributed by atoms with Gasteiger partial charge in [0.1, 0.15) is 16.4 Å². The van der Waals surface area contributed by atoms with Crippen LogP contribution in [0.15, 0.2) is 61.3 Å². The zero-order valence-electron chi connectivity index (χ0n) is 68.4. The van der Waals surface area contributed by atoms with Gasteiger partial charge < -0.3 is 55.0 Å². The Morgan fingerprint density at radius 2 is 0.804 bits per heavy atom. The Morgan fingerprint density at radius 1 is 0.443 bits per heavy atom. The molecular weight excluding hydrogens is 1390 g/mol. The summed E-state index contributed by atoms with van der Waals surface area (Å²) in [6.07, 6.45) is 8.77. The van der Waals surface area contributed by atoms with Crippen LogP contribution in [0.25, 0.3) is 0 Å². The van der Waals surface area contributed by atoms with Crippen LogP contribution in [-0.2, 0) is 78.9 Å². The Kier molecular flexibility index (Phi) is 53.8. The van der Waals surface area contributed by atoms with Crippen molar-refractivity contribution in [2.45, 2.75) is 297 Å². The molecule has 1 unspecified atom stereocenters. The van der Waals surface area contributed by atoms with E-state index in [2.05, 4.69) is 213 Å². The van der Waals surface area contributed by atoms with Gasteiger partial charge in [0, 0.05) is 56.4 Å². The molecule has 0 fully saturated rings. The molecule has 0 spiro atoms. The van der Waals surface area contributed by atoms with Crippen molar-refractivity contribution in [3.8, 4) is 0 Å². The van der Waals surface area contributed by atoms with Crippen LogP contribution in [0, 0.1) is 0 Å². The number of ether oxygens (including phenoxy) is 7. The fourth-order valence-electron chi connectivity index (χ4n) is 8.42. The first-order valence-corrected chi connectivity index (χ1v) is 64.6. The minimum absolute atomic E-state index is 0.00642. The molecule has 0 aromatic carbocycles. The highest BCUT2D eigenvalue weighted by molar-refractivity contribution is 6.81. The number of carbonyl (C=O) groups excluding carboxylic acids is 5. The highest BCUT2D eigenvalue weighted by Gasteiger charge is 2.42. The third kappa shape index (κ3) is 63.4. The largest absolute Gasteiger partial charge is 0.463 e. The second-order valence-electron chi connectivity index (χ2n) is 33.3. The summed E-state index contributed by atoms with van der Waals surface area (Å²) in [5.74, 6) is -1.54. The van der Waals surface area contributed by atoms with E-state index in [9.17, 15) is 24.0 Å². The molecule has 0 bridgehead atoms. The van der Waals surface area contributed by atoms with Gasteiger partial charge in [-0.15, -0.1) is 0 Å². The number of hydrogen-bond acceptors (Lipinski definition) is 17. The van der Waals surface area contributed by atoms with Crippen LogP contribution in [0.4, 0.5) is 0 Å². The maximum absolute atomic E-state index is 11.3. The zero-order valence-corrected chi connectivity index (χ0v) is 79.4. The molecule has 0 aliphatic heterocycles. The Bertz CT molecular complexity index is 2310. The van der Waals surface area contributed by atoms with Gasteiger partial charge in [0.25, 0.3) is 0 Å². The fraction of sp³-hybridized carbons (Fsp3) is 0.786. The minimum atomic E-state index is -1.73. The Labute approximate surface area is 608 Å². The third-order valence-corrected chi connectivity index (χ3v) is 42.5. The number of esters is 5. The van der Waals surface area contributed by atoms with Crippen LogP contribution in [0.5, 0.6) is 0 Å². The van der Waals surface area contributed by atoms with E-state index in [0.717, 1.165) is 75.0 Å². The van der Waals surface area contributed by atoms with Gasteiger partial charge in [-0.3, -0.25) is 0 Å². The quantitative estimate of drug-likeness (QED) is 0.0183. The first kappa shape index (κ1) is 104. The summed E-state index contributed by atoms with van der Waals surface area (Å²) in [5, 5.41) is 0.0688. The first-order chi connectivity index (χ1) is 43.7. The van der Waals surface area contributed by atoms with Crippen molar-refractivity contribution in [3.05, 3.63) is 61.3 Å². The number of carbonyl (C=O) groups is 5. The maximum atomic E-state index is 11.3. The molecule has 0 radical (unpaired) electrons. The van der Waals surface area contributed by atoms with Crippen molar-refractivity contribution in [2.24, 2.45) is 0 Å². The van der Waals surface area contributed by atoms with Crippen LogP contribution in [0.1, 0.15) is 115 Å². The lowest BCUT2D eigenvalue weighted by Gasteiger charge is -2.43. The molecule has 0 aromatic rings. The molecule has 0 aliphatic carbocycles. The van der Waals surface area contributed by atoms with Crippen molar-refractivity contribution in [3.63, 3.8) is 0 Å². The zero-order chi connectivity index (χ0) is 77.2. The molecule has 0 aromatic heterocycles. The summed E-state index contributed by atoms with van der Waals surface area (Å²) in [6, 6.07) is 5.46. The molecule has 0 rings (SSSR count). The van der Waals surface area contributed by atoms with Crippen LogP contribution in [0.3, 0.4) is 0 Å². The Morgan fingerprint density at radius 3 is 1.20 bits per heavy atom. The second kappa shape index (κ2) is 50.4. The van der Waals surface area contributed by atoms with Gasteiger partial charge in [0.2, 0.25) is 0 Å². The summed E-state index contributed by atoms with van der Waals surface area (Å²) in [7, 11) is -12.1. The molecule has 0 aliphatic rings. The molecule has 0 saturated heterocycles. The summed E-state index contributed by atoms with van der Waals surface area (Å²) >= 11 is 0. The van der Waals surface area contributed by atoms with E-state index in [1.165, 1.54) is 6.08 Å². The molecule has 17 nitrogen and oxygen atoms in total. The summed E-state index contributed by atoms with van der Waals surface area (Å²) in [4.78, 5) is 55.4. The van der Waals surface area contributed by atoms with E-state index in [1.807, 2.05) is 6.92 Å². The maximum Gasteiger partial charge on any atom is 0.333 e. The highest BCUT2D eigenvalue weighted by atomic mass is 28.4. The van der Waals surface area contributed by atoms with E-state index < -0.39 is 82.3 Å². The van der Waals surface area contributed by atoms with Crippen LogP contribution < -0.4 is 0 Å². The second-order valence-corrected chi connectivity index (χ2v) is 75.2. The summed E-state index contributed by atoms with van der Waals surface area (Å²) in [6.45, 7) is 88.3. The monoisotopic (exact) mass is 1540 g/mol. The van der Waals surface area contributed by atoms with E-state index in [-0.39, 0.29) is 60.9 Å². The molecule has 97 heavy (non-hydrogen) atoms. The van der Waals surface area contributed by atoms with Gasteiger partial charge in [-0.25, -0.2) is 24.0 Å².